The Morgan fingerprint density at radius 2 is 1.75 bits per heavy atom. The molecule has 7 heteroatoms. The summed E-state index contributed by atoms with van der Waals surface area (Å²) in [6.07, 6.45) is 4.74. The number of hydrogen-bond donors (Lipinski definition) is 4. The van der Waals surface area contributed by atoms with Crippen LogP contribution in [0.4, 0.5) is 0 Å². The molecule has 1 aromatic carbocycles. The quantitative estimate of drug-likeness (QED) is 0.338. The van der Waals surface area contributed by atoms with Crippen LogP contribution >= 0.6 is 0 Å². The summed E-state index contributed by atoms with van der Waals surface area (Å²) in [7, 11) is 0. The Kier molecular flexibility index (Phi) is 5.09. The maximum absolute atomic E-state index is 13.0. The predicted octanol–water partition coefficient (Wildman–Crippen LogP) is 5.10. The average Bonchev–Trinajstić information content (AvgIpc) is 3.33. The van der Waals surface area contributed by atoms with Crippen LogP contribution in [-0.4, -0.2) is 72.7 Å². The summed E-state index contributed by atoms with van der Waals surface area (Å²) in [6, 6.07) is 4.84. The highest BCUT2D eigenvalue weighted by Crippen LogP contribution is 2.75. The second-order valence-electron chi connectivity index (χ2n) is 17.6. The molecule has 1 aromatic heterocycles. The summed E-state index contributed by atoms with van der Waals surface area (Å²) in [5, 5.41) is 36.5. The lowest BCUT2D eigenvalue weighted by Crippen LogP contribution is -2.76. The van der Waals surface area contributed by atoms with Gasteiger partial charge in [0.15, 0.2) is 5.60 Å². The fourth-order valence-corrected chi connectivity index (χ4v) is 12.0. The van der Waals surface area contributed by atoms with Crippen molar-refractivity contribution in [3.05, 3.63) is 40.6 Å². The molecule has 2 saturated carbocycles. The van der Waals surface area contributed by atoms with Gasteiger partial charge in [0.1, 0.15) is 23.9 Å². The van der Waals surface area contributed by atoms with Crippen LogP contribution in [0.1, 0.15) is 103 Å². The molecule has 44 heavy (non-hydrogen) atoms. The summed E-state index contributed by atoms with van der Waals surface area (Å²) >= 11 is 0. The van der Waals surface area contributed by atoms with Gasteiger partial charge in [-0.25, -0.2) is 0 Å². The van der Waals surface area contributed by atoms with E-state index in [1.807, 2.05) is 0 Å². The molecule has 238 valence electrons. The summed E-state index contributed by atoms with van der Waals surface area (Å²) < 4.78 is 19.4. The van der Waals surface area contributed by atoms with Gasteiger partial charge in [0.2, 0.25) is 0 Å². The third-order valence-corrected chi connectivity index (χ3v) is 14.2. The van der Waals surface area contributed by atoms with Crippen molar-refractivity contribution in [2.24, 2.45) is 17.3 Å². The molecule has 7 aliphatic rings. The highest BCUT2D eigenvalue weighted by Gasteiger charge is 2.86. The van der Waals surface area contributed by atoms with Crippen molar-refractivity contribution in [2.75, 3.05) is 0 Å². The Balaban J connectivity index is 1.14. The Hall–Kier alpha value is -1.74. The van der Waals surface area contributed by atoms with Crippen LogP contribution in [0.5, 0.6) is 0 Å². The molecule has 4 aliphatic carbocycles. The maximum Gasteiger partial charge on any atom is 0.152 e. The van der Waals surface area contributed by atoms with Crippen molar-refractivity contribution in [1.29, 1.82) is 0 Å². The van der Waals surface area contributed by atoms with E-state index in [1.165, 1.54) is 38.9 Å². The van der Waals surface area contributed by atoms with Crippen molar-refractivity contribution in [3.63, 3.8) is 0 Å². The molecular formula is C37H49NO6. The van der Waals surface area contributed by atoms with E-state index < -0.39 is 40.5 Å². The lowest BCUT2D eigenvalue weighted by Gasteiger charge is -2.66. The number of ether oxygens (including phenoxy) is 3. The van der Waals surface area contributed by atoms with Crippen LogP contribution in [0.2, 0.25) is 0 Å². The normalized spacial score (nSPS) is 47.5. The topological polar surface area (TPSA) is 107 Å². The zero-order valence-electron chi connectivity index (χ0n) is 27.5. The van der Waals surface area contributed by atoms with E-state index in [2.05, 4.69) is 64.7 Å². The molecular weight excluding hydrogens is 554 g/mol. The first kappa shape index (κ1) is 28.5. The third kappa shape index (κ3) is 3.02. The van der Waals surface area contributed by atoms with Crippen LogP contribution in [0, 0.1) is 17.3 Å². The highest BCUT2D eigenvalue weighted by molar-refractivity contribution is 5.92. The minimum atomic E-state index is -1.21. The Morgan fingerprint density at radius 1 is 1.00 bits per heavy atom. The fraction of sp³-hybridized carbons (Fsp3) is 0.730. The largest absolute Gasteiger partial charge is 0.388 e. The van der Waals surface area contributed by atoms with Gasteiger partial charge in [0.05, 0.1) is 22.9 Å². The molecule has 7 nitrogen and oxygen atoms in total. The van der Waals surface area contributed by atoms with Gasteiger partial charge < -0.3 is 34.5 Å². The van der Waals surface area contributed by atoms with Gasteiger partial charge in [-0.15, -0.1) is 0 Å². The summed E-state index contributed by atoms with van der Waals surface area (Å²) in [5.41, 5.74) is 3.41. The van der Waals surface area contributed by atoms with Crippen molar-refractivity contribution >= 4 is 16.5 Å². The van der Waals surface area contributed by atoms with E-state index >= 15 is 0 Å². The minimum Gasteiger partial charge on any atom is -0.388 e. The maximum atomic E-state index is 13.0. The zero-order valence-corrected chi connectivity index (χ0v) is 27.5. The molecule has 3 aliphatic heterocycles. The lowest BCUT2D eigenvalue weighted by molar-refractivity contribution is -0.280. The molecule has 9 rings (SSSR count). The summed E-state index contributed by atoms with van der Waals surface area (Å²) in [6.45, 7) is 16.8. The standard InChI is InChI=1S/C37H49NO6/c1-31(2)17-23-20-16-25-21(13-18(20)14-24(23)33(5,6)44-31)22-15-19-9-12-36(41)34(7,35(19,8)28(22)38-25)11-10-26-37(36)30(43-37)27(39)29(42-26)32(3,4)40/h13,16-17,19,24,26-27,29-30,38-41H,9-12,14-15H2,1-8H3/t19?,24?,26?,27-,29?,30?,34-,35-,36+,37?/m1/s1. The Bertz CT molecular complexity index is 1660. The predicted molar refractivity (Wildman–Crippen MR) is 167 cm³/mol. The average molecular weight is 604 g/mol. The number of fused-ring (bicyclic) bond motifs is 10. The number of aliphatic hydroxyl groups excluding tert-OH is 1. The van der Waals surface area contributed by atoms with Crippen molar-refractivity contribution in [3.8, 4) is 0 Å². The van der Waals surface area contributed by atoms with Crippen LogP contribution in [-0.2, 0) is 32.5 Å². The molecule has 1 spiro atoms. The van der Waals surface area contributed by atoms with E-state index in [0.29, 0.717) is 18.3 Å². The third-order valence-electron chi connectivity index (χ3n) is 14.2. The summed E-state index contributed by atoms with van der Waals surface area (Å²) in [5.74, 6) is 0.762. The first-order valence-electron chi connectivity index (χ1n) is 17.0. The SMILES string of the molecule is CC1(C)C=C2c3cc4[nH]c5c(c4cc3CC2C(C)(C)O1)CC1CC[C@@]2(O)C34OC3[C@H](O)C(C(C)(C)O)OC4CC[C@]2(C)[C@@]51C. The van der Waals surface area contributed by atoms with Gasteiger partial charge in [-0.2, -0.15) is 0 Å². The molecule has 6 unspecified atom stereocenters. The number of H-pyrrole nitrogens is 1. The van der Waals surface area contributed by atoms with E-state index in [1.54, 1.807) is 13.8 Å². The Labute approximate surface area is 260 Å². The van der Waals surface area contributed by atoms with Gasteiger partial charge in [0.25, 0.3) is 0 Å². The second kappa shape index (κ2) is 7.86. The van der Waals surface area contributed by atoms with Crippen LogP contribution in [0.3, 0.4) is 0 Å². The van der Waals surface area contributed by atoms with Gasteiger partial charge in [-0.05, 0) is 126 Å². The van der Waals surface area contributed by atoms with Crippen LogP contribution < -0.4 is 0 Å². The number of benzene rings is 1. The zero-order chi connectivity index (χ0) is 31.2. The number of nitrogens with one attached hydrogen (secondary N) is 1. The minimum absolute atomic E-state index is 0.228. The molecule has 2 aromatic rings. The molecule has 4 heterocycles. The lowest BCUT2D eigenvalue weighted by atomic mass is 9.40. The van der Waals surface area contributed by atoms with Crippen molar-refractivity contribution < 1.29 is 29.5 Å². The molecule has 0 bridgehead atoms. The van der Waals surface area contributed by atoms with Gasteiger partial charge in [-0.1, -0.05) is 13.8 Å². The number of epoxide rings is 1. The fourth-order valence-electron chi connectivity index (χ4n) is 12.0. The van der Waals surface area contributed by atoms with Crippen LogP contribution in [0.25, 0.3) is 16.5 Å². The van der Waals surface area contributed by atoms with Gasteiger partial charge in [0, 0.05) is 33.3 Å². The number of aliphatic hydroxyl groups is 3. The van der Waals surface area contributed by atoms with E-state index in [9.17, 15) is 15.3 Å². The van der Waals surface area contributed by atoms with Crippen molar-refractivity contribution in [2.45, 2.75) is 152 Å². The van der Waals surface area contributed by atoms with Crippen molar-refractivity contribution in [1.82, 2.24) is 4.98 Å². The molecule has 4 fully saturated rings. The number of hydrogen-bond acceptors (Lipinski definition) is 6. The molecule has 0 radical (unpaired) electrons. The second-order valence-corrected chi connectivity index (χ2v) is 17.6. The number of aromatic amines is 1. The van der Waals surface area contributed by atoms with Crippen LogP contribution in [0.15, 0.2) is 18.2 Å². The Morgan fingerprint density at radius 3 is 2.48 bits per heavy atom. The number of rotatable bonds is 1. The molecule has 4 N–H and O–H groups in total. The van der Waals surface area contributed by atoms with E-state index in [4.69, 9.17) is 14.2 Å². The molecule has 2 saturated heterocycles. The van der Waals surface area contributed by atoms with Gasteiger partial charge in [-0.3, -0.25) is 0 Å². The summed E-state index contributed by atoms with van der Waals surface area (Å²) in [4.78, 5) is 3.97. The first-order chi connectivity index (χ1) is 20.4. The first-order valence-corrected chi connectivity index (χ1v) is 17.0. The number of aromatic nitrogens is 1. The molecule has 10 atom stereocenters. The smallest absolute Gasteiger partial charge is 0.152 e. The van der Waals surface area contributed by atoms with E-state index in [0.717, 1.165) is 32.1 Å². The van der Waals surface area contributed by atoms with Gasteiger partial charge >= 0.3 is 0 Å². The highest BCUT2D eigenvalue weighted by atomic mass is 16.7. The molecule has 0 amide bonds. The van der Waals surface area contributed by atoms with E-state index in [-0.39, 0.29) is 22.7 Å². The monoisotopic (exact) mass is 603 g/mol.